The van der Waals surface area contributed by atoms with E-state index in [4.69, 9.17) is 4.84 Å². The summed E-state index contributed by atoms with van der Waals surface area (Å²) in [4.78, 5) is 5.06. The van der Waals surface area contributed by atoms with Gasteiger partial charge in [0.05, 0.1) is 5.70 Å². The number of nitrogens with zero attached hydrogens (tertiary/aromatic N) is 2. The molecule has 3 aliphatic heterocycles. The number of piperazine rings is 1. The summed E-state index contributed by atoms with van der Waals surface area (Å²) in [5, 5.41) is 7.41. The molecule has 0 aromatic carbocycles. The molecule has 3 aliphatic rings. The minimum Gasteiger partial charge on any atom is -0.309 e. The van der Waals surface area contributed by atoms with Crippen LogP contribution in [0.1, 0.15) is 0 Å². The fraction of sp³-hybridized carbons (Fsp3) is 0.667. The highest BCUT2D eigenvalue weighted by Crippen LogP contribution is 2.21. The first-order chi connectivity index (χ1) is 5.95. The second kappa shape index (κ2) is 2.25. The van der Waals surface area contributed by atoms with E-state index in [9.17, 15) is 0 Å². The second-order valence-corrected chi connectivity index (χ2v) is 3.03. The first-order valence-electron chi connectivity index (χ1n) is 4.08. The summed E-state index contributed by atoms with van der Waals surface area (Å²) in [5.41, 5.74) is 7.33. The quantitative estimate of drug-likeness (QED) is 0.401. The molecule has 2 saturated heterocycles. The molecule has 0 spiro atoms. The minimum absolute atomic E-state index is 0.565. The van der Waals surface area contributed by atoms with Crippen molar-refractivity contribution in [1.82, 2.24) is 26.3 Å². The molecule has 2 fully saturated rings. The highest BCUT2D eigenvalue weighted by Gasteiger charge is 2.33. The Labute approximate surface area is 70.0 Å². The van der Waals surface area contributed by atoms with Crippen molar-refractivity contribution >= 4 is 0 Å². The number of rotatable bonds is 0. The molecular formula is C6H11N5O. The molecule has 0 aliphatic carbocycles. The standard InChI is InChI=1S/C6H11N5O/c1-2-10-5(3-7-1)6-8-12-4-11(6)9-10/h7-9H,1-4H2. The van der Waals surface area contributed by atoms with Crippen LogP contribution in [0.3, 0.4) is 0 Å². The van der Waals surface area contributed by atoms with E-state index in [-0.39, 0.29) is 0 Å². The van der Waals surface area contributed by atoms with Gasteiger partial charge in [-0.2, -0.15) is 0 Å². The van der Waals surface area contributed by atoms with Crippen molar-refractivity contribution in [3.8, 4) is 0 Å². The summed E-state index contributed by atoms with van der Waals surface area (Å²) in [6.07, 6.45) is 0. The molecule has 0 bridgehead atoms. The summed E-state index contributed by atoms with van der Waals surface area (Å²) in [7, 11) is 0. The summed E-state index contributed by atoms with van der Waals surface area (Å²) in [5.74, 6) is 1.04. The molecule has 66 valence electrons. The van der Waals surface area contributed by atoms with Gasteiger partial charge < -0.3 is 5.32 Å². The number of hydrogen-bond donors (Lipinski definition) is 3. The normalized spacial score (nSPS) is 27.3. The predicted molar refractivity (Wildman–Crippen MR) is 40.7 cm³/mol. The van der Waals surface area contributed by atoms with Crippen molar-refractivity contribution in [3.63, 3.8) is 0 Å². The third kappa shape index (κ3) is 0.739. The van der Waals surface area contributed by atoms with Crippen molar-refractivity contribution in [2.45, 2.75) is 0 Å². The Bertz CT molecular complexity index is 240. The molecule has 12 heavy (non-hydrogen) atoms. The van der Waals surface area contributed by atoms with Gasteiger partial charge in [-0.3, -0.25) is 9.85 Å². The lowest BCUT2D eigenvalue weighted by Gasteiger charge is -2.27. The first-order valence-corrected chi connectivity index (χ1v) is 4.08. The van der Waals surface area contributed by atoms with Crippen molar-refractivity contribution in [3.05, 3.63) is 11.5 Å². The Morgan fingerprint density at radius 3 is 3.33 bits per heavy atom. The van der Waals surface area contributed by atoms with Gasteiger partial charge in [-0.05, 0) is 0 Å². The molecule has 3 N–H and O–H groups in total. The van der Waals surface area contributed by atoms with Gasteiger partial charge in [0.2, 0.25) is 0 Å². The van der Waals surface area contributed by atoms with Crippen LogP contribution in [0, 0.1) is 0 Å². The Morgan fingerprint density at radius 2 is 2.33 bits per heavy atom. The highest BCUT2D eigenvalue weighted by molar-refractivity contribution is 5.17. The highest BCUT2D eigenvalue weighted by atomic mass is 16.7. The number of hydrogen-bond acceptors (Lipinski definition) is 6. The van der Waals surface area contributed by atoms with E-state index in [1.165, 1.54) is 5.70 Å². The van der Waals surface area contributed by atoms with Crippen LogP contribution in [0.2, 0.25) is 0 Å². The van der Waals surface area contributed by atoms with Gasteiger partial charge in [0.15, 0.2) is 12.6 Å². The number of fused-ring (bicyclic) bond motifs is 2. The molecule has 0 unspecified atom stereocenters. The van der Waals surface area contributed by atoms with Crippen LogP contribution in [0.15, 0.2) is 11.5 Å². The van der Waals surface area contributed by atoms with Gasteiger partial charge in [-0.25, -0.2) is 10.5 Å². The zero-order chi connectivity index (χ0) is 7.97. The Morgan fingerprint density at radius 1 is 1.33 bits per heavy atom. The predicted octanol–water partition coefficient (Wildman–Crippen LogP) is -1.71. The van der Waals surface area contributed by atoms with Crippen LogP contribution in [-0.4, -0.2) is 36.4 Å². The van der Waals surface area contributed by atoms with E-state index in [2.05, 4.69) is 21.3 Å². The van der Waals surface area contributed by atoms with Gasteiger partial charge in [0.25, 0.3) is 0 Å². The molecule has 6 heteroatoms. The molecule has 0 aromatic heterocycles. The fourth-order valence-corrected chi connectivity index (χ4v) is 1.67. The molecule has 0 atom stereocenters. The summed E-state index contributed by atoms with van der Waals surface area (Å²) >= 11 is 0. The van der Waals surface area contributed by atoms with Crippen LogP contribution in [0.25, 0.3) is 0 Å². The van der Waals surface area contributed by atoms with Crippen LogP contribution in [0.4, 0.5) is 0 Å². The average molecular weight is 169 g/mol. The molecule has 0 amide bonds. The van der Waals surface area contributed by atoms with Gasteiger partial charge in [-0.1, -0.05) is 0 Å². The summed E-state index contributed by atoms with van der Waals surface area (Å²) in [6, 6.07) is 0. The number of hydrazine groups is 2. The first kappa shape index (κ1) is 6.53. The zero-order valence-corrected chi connectivity index (χ0v) is 6.63. The van der Waals surface area contributed by atoms with E-state index in [0.717, 1.165) is 25.5 Å². The van der Waals surface area contributed by atoms with Crippen LogP contribution < -0.4 is 16.3 Å². The van der Waals surface area contributed by atoms with E-state index in [1.54, 1.807) is 0 Å². The maximum Gasteiger partial charge on any atom is 0.166 e. The molecule has 3 rings (SSSR count). The lowest BCUT2D eigenvalue weighted by molar-refractivity contribution is 0.0251. The third-order valence-electron chi connectivity index (χ3n) is 2.28. The van der Waals surface area contributed by atoms with Crippen LogP contribution in [0.5, 0.6) is 0 Å². The van der Waals surface area contributed by atoms with Gasteiger partial charge in [-0.15, -0.1) is 5.53 Å². The summed E-state index contributed by atoms with van der Waals surface area (Å²) < 4.78 is 0. The monoisotopic (exact) mass is 169 g/mol. The molecule has 0 radical (unpaired) electrons. The number of nitrogens with one attached hydrogen (secondary N) is 3. The van der Waals surface area contributed by atoms with Crippen molar-refractivity contribution in [1.29, 1.82) is 0 Å². The lowest BCUT2D eigenvalue weighted by atomic mass is 10.3. The molecule has 6 nitrogen and oxygen atoms in total. The summed E-state index contributed by atoms with van der Waals surface area (Å²) in [6.45, 7) is 3.49. The lowest BCUT2D eigenvalue weighted by Crippen LogP contribution is -2.48. The Kier molecular flexibility index (Phi) is 1.23. The zero-order valence-electron chi connectivity index (χ0n) is 6.63. The van der Waals surface area contributed by atoms with Crippen LogP contribution in [-0.2, 0) is 4.84 Å². The number of hydroxylamine groups is 1. The van der Waals surface area contributed by atoms with Gasteiger partial charge >= 0.3 is 0 Å². The van der Waals surface area contributed by atoms with E-state index >= 15 is 0 Å². The largest absolute Gasteiger partial charge is 0.309 e. The van der Waals surface area contributed by atoms with E-state index < -0.39 is 0 Å². The molecular weight excluding hydrogens is 158 g/mol. The average Bonchev–Trinajstić information content (AvgIpc) is 2.62. The molecule has 0 saturated carbocycles. The van der Waals surface area contributed by atoms with Crippen molar-refractivity contribution < 1.29 is 4.84 Å². The maximum atomic E-state index is 5.06. The maximum absolute atomic E-state index is 5.06. The second-order valence-electron chi connectivity index (χ2n) is 3.03. The van der Waals surface area contributed by atoms with E-state index in [0.29, 0.717) is 6.73 Å². The van der Waals surface area contributed by atoms with Crippen LogP contribution >= 0.6 is 0 Å². The van der Waals surface area contributed by atoms with E-state index in [1.807, 2.05) is 5.01 Å². The minimum atomic E-state index is 0.565. The molecule has 3 heterocycles. The Hall–Kier alpha value is -0.980. The van der Waals surface area contributed by atoms with Crippen molar-refractivity contribution in [2.24, 2.45) is 0 Å². The van der Waals surface area contributed by atoms with Gasteiger partial charge in [0.1, 0.15) is 0 Å². The topological polar surface area (TPSA) is 51.8 Å². The SMILES string of the molecule is C1CN2NN3CONC3=C2CN1. The van der Waals surface area contributed by atoms with Crippen molar-refractivity contribution in [2.75, 3.05) is 26.4 Å². The molecule has 0 aromatic rings. The fourth-order valence-electron chi connectivity index (χ4n) is 1.67. The Balaban J connectivity index is 1.94. The van der Waals surface area contributed by atoms with Gasteiger partial charge in [0, 0.05) is 19.6 Å². The third-order valence-corrected chi connectivity index (χ3v) is 2.28. The smallest absolute Gasteiger partial charge is 0.166 e.